The Morgan fingerprint density at radius 1 is 1.88 bits per heavy atom. The predicted octanol–water partition coefficient (Wildman–Crippen LogP) is 1.27. The lowest BCUT2D eigenvalue weighted by molar-refractivity contribution is 1.07. The summed E-state index contributed by atoms with van der Waals surface area (Å²) in [6.45, 7) is 3.56. The molecule has 1 rings (SSSR count). The zero-order valence-electron chi connectivity index (χ0n) is 4.37. The minimum absolute atomic E-state index is 0.781. The van der Waals surface area contributed by atoms with Gasteiger partial charge in [-0.3, -0.25) is 0 Å². The van der Waals surface area contributed by atoms with Crippen molar-refractivity contribution in [1.29, 1.82) is 0 Å². The summed E-state index contributed by atoms with van der Waals surface area (Å²) < 4.78 is 3.97. The lowest BCUT2D eigenvalue weighted by Crippen LogP contribution is -1.80. The van der Waals surface area contributed by atoms with Crippen molar-refractivity contribution in [3.63, 3.8) is 0 Å². The van der Waals surface area contributed by atoms with Gasteiger partial charge in [0.15, 0.2) is 0 Å². The fourth-order valence-electron chi connectivity index (χ4n) is 0.411. The summed E-state index contributed by atoms with van der Waals surface area (Å²) in [4.78, 5) is 3.94. The third kappa shape index (κ3) is 1.13. The first-order valence-corrected chi connectivity index (χ1v) is 3.13. The largest absolute Gasteiger partial charge is 0.228 e. The summed E-state index contributed by atoms with van der Waals surface area (Å²) in [5.41, 5.74) is 1.72. The van der Waals surface area contributed by atoms with E-state index in [4.69, 9.17) is 0 Å². The number of hydrogen-bond donors (Lipinski definition) is 0. The Morgan fingerprint density at radius 2 is 2.75 bits per heavy atom. The van der Waals surface area contributed by atoms with Crippen LogP contribution in [-0.2, 0) is 6.42 Å². The average molecular weight is 126 g/mol. The van der Waals surface area contributed by atoms with E-state index in [1.165, 1.54) is 11.5 Å². The van der Waals surface area contributed by atoms with Gasteiger partial charge in [0.25, 0.3) is 0 Å². The lowest BCUT2D eigenvalue weighted by atomic mass is 10.4. The Morgan fingerprint density at radius 3 is 3.25 bits per heavy atom. The summed E-state index contributed by atoms with van der Waals surface area (Å²) in [5, 5.41) is 0. The second kappa shape index (κ2) is 2.57. The first kappa shape index (κ1) is 5.44. The minimum Gasteiger partial charge on any atom is -0.228 e. The summed E-state index contributed by atoms with van der Waals surface area (Å²) in [5.74, 6) is 0.866. The molecule has 0 saturated carbocycles. The van der Waals surface area contributed by atoms with Crippen LogP contribution in [0.2, 0.25) is 0 Å². The van der Waals surface area contributed by atoms with Crippen LogP contribution in [0, 0.1) is 0 Å². The van der Waals surface area contributed by atoms with E-state index in [-0.39, 0.29) is 0 Å². The van der Waals surface area contributed by atoms with Crippen LogP contribution in [0.1, 0.15) is 5.82 Å². The van der Waals surface area contributed by atoms with Gasteiger partial charge in [0.05, 0.1) is 0 Å². The fourth-order valence-corrected chi connectivity index (χ4v) is 0.871. The van der Waals surface area contributed by atoms with Crippen molar-refractivity contribution in [2.45, 2.75) is 6.42 Å². The average Bonchev–Trinajstić information content (AvgIpc) is 2.19. The molecule has 1 aromatic rings. The highest BCUT2D eigenvalue weighted by Crippen LogP contribution is 1.93. The predicted molar refractivity (Wildman–Crippen MR) is 33.8 cm³/mol. The highest BCUT2D eigenvalue weighted by Gasteiger charge is 1.88. The van der Waals surface area contributed by atoms with Gasteiger partial charge < -0.3 is 0 Å². The SMILES string of the molecule is C=CCc1ncsn1. The molecule has 8 heavy (non-hydrogen) atoms. The Kier molecular flexibility index (Phi) is 1.75. The second-order valence-electron chi connectivity index (χ2n) is 1.34. The molecule has 1 heterocycles. The van der Waals surface area contributed by atoms with Crippen molar-refractivity contribution in [3.8, 4) is 0 Å². The van der Waals surface area contributed by atoms with E-state index >= 15 is 0 Å². The molecule has 0 aliphatic rings. The third-order valence-corrected chi connectivity index (χ3v) is 1.25. The van der Waals surface area contributed by atoms with Gasteiger partial charge in [-0.15, -0.1) is 6.58 Å². The normalized spacial score (nSPS) is 9.00. The topological polar surface area (TPSA) is 25.8 Å². The number of hydrogen-bond acceptors (Lipinski definition) is 3. The van der Waals surface area contributed by atoms with Crippen molar-refractivity contribution in [2.75, 3.05) is 0 Å². The van der Waals surface area contributed by atoms with Gasteiger partial charge in [0.2, 0.25) is 0 Å². The van der Waals surface area contributed by atoms with Crippen molar-refractivity contribution in [3.05, 3.63) is 24.0 Å². The van der Waals surface area contributed by atoms with E-state index in [0.29, 0.717) is 0 Å². The van der Waals surface area contributed by atoms with E-state index in [9.17, 15) is 0 Å². The molecule has 0 radical (unpaired) electrons. The molecular weight excluding hydrogens is 120 g/mol. The quantitative estimate of drug-likeness (QED) is 0.557. The number of allylic oxidation sites excluding steroid dienone is 1. The molecule has 0 aromatic carbocycles. The smallest absolute Gasteiger partial charge is 0.145 e. The molecule has 0 atom stereocenters. The Hall–Kier alpha value is -0.700. The van der Waals surface area contributed by atoms with Gasteiger partial charge in [-0.2, -0.15) is 4.37 Å². The maximum Gasteiger partial charge on any atom is 0.145 e. The van der Waals surface area contributed by atoms with Crippen LogP contribution in [0.5, 0.6) is 0 Å². The molecule has 0 unspecified atom stereocenters. The highest BCUT2D eigenvalue weighted by atomic mass is 32.1. The van der Waals surface area contributed by atoms with E-state index in [1.807, 2.05) is 0 Å². The molecule has 0 saturated heterocycles. The Balaban J connectivity index is 2.62. The number of aromatic nitrogens is 2. The first-order chi connectivity index (χ1) is 3.93. The van der Waals surface area contributed by atoms with Crippen LogP contribution < -0.4 is 0 Å². The van der Waals surface area contributed by atoms with Crippen LogP contribution in [0.25, 0.3) is 0 Å². The van der Waals surface area contributed by atoms with Gasteiger partial charge in [-0.1, -0.05) is 6.08 Å². The maximum atomic E-state index is 3.97. The zero-order valence-corrected chi connectivity index (χ0v) is 5.19. The molecular formula is C5H6N2S. The van der Waals surface area contributed by atoms with Gasteiger partial charge in [0, 0.05) is 6.42 Å². The first-order valence-electron chi connectivity index (χ1n) is 2.29. The Labute approximate surface area is 52.1 Å². The third-order valence-electron chi connectivity index (χ3n) is 0.734. The zero-order chi connectivity index (χ0) is 5.82. The van der Waals surface area contributed by atoms with Crippen LogP contribution >= 0.6 is 11.5 Å². The summed E-state index contributed by atoms with van der Waals surface area (Å²) in [6.07, 6.45) is 2.57. The molecule has 0 N–H and O–H groups in total. The molecule has 0 amide bonds. The highest BCUT2D eigenvalue weighted by molar-refractivity contribution is 7.03. The number of rotatable bonds is 2. The Bertz CT molecular complexity index is 157. The standard InChI is InChI=1S/C5H6N2S/c1-2-3-5-6-4-8-7-5/h2,4H,1,3H2. The lowest BCUT2D eigenvalue weighted by Gasteiger charge is -1.78. The maximum absolute atomic E-state index is 3.97. The van der Waals surface area contributed by atoms with Crippen molar-refractivity contribution in [2.24, 2.45) is 0 Å². The van der Waals surface area contributed by atoms with Gasteiger partial charge in [0.1, 0.15) is 11.3 Å². The number of nitrogens with zero attached hydrogens (tertiary/aromatic N) is 2. The van der Waals surface area contributed by atoms with Crippen molar-refractivity contribution < 1.29 is 0 Å². The minimum atomic E-state index is 0.781. The summed E-state index contributed by atoms with van der Waals surface area (Å²) >= 11 is 1.37. The fraction of sp³-hybridized carbons (Fsp3) is 0.200. The van der Waals surface area contributed by atoms with Crippen molar-refractivity contribution in [1.82, 2.24) is 9.36 Å². The van der Waals surface area contributed by atoms with Crippen LogP contribution in [0.4, 0.5) is 0 Å². The van der Waals surface area contributed by atoms with E-state index in [1.54, 1.807) is 11.6 Å². The second-order valence-corrected chi connectivity index (χ2v) is 1.94. The molecule has 0 bridgehead atoms. The van der Waals surface area contributed by atoms with Crippen molar-refractivity contribution >= 4 is 11.5 Å². The molecule has 0 aliphatic carbocycles. The van der Waals surface area contributed by atoms with Gasteiger partial charge in [-0.25, -0.2) is 4.98 Å². The molecule has 1 aromatic heterocycles. The van der Waals surface area contributed by atoms with E-state index in [0.717, 1.165) is 12.2 Å². The van der Waals surface area contributed by atoms with Crippen LogP contribution in [0.15, 0.2) is 18.2 Å². The van der Waals surface area contributed by atoms with Crippen LogP contribution in [0.3, 0.4) is 0 Å². The van der Waals surface area contributed by atoms with E-state index < -0.39 is 0 Å². The molecule has 3 heteroatoms. The van der Waals surface area contributed by atoms with Gasteiger partial charge in [-0.05, 0) is 11.5 Å². The monoisotopic (exact) mass is 126 g/mol. The van der Waals surface area contributed by atoms with Gasteiger partial charge >= 0.3 is 0 Å². The molecule has 0 aliphatic heterocycles. The summed E-state index contributed by atoms with van der Waals surface area (Å²) in [6, 6.07) is 0. The summed E-state index contributed by atoms with van der Waals surface area (Å²) in [7, 11) is 0. The molecule has 42 valence electrons. The molecule has 0 spiro atoms. The molecule has 2 nitrogen and oxygen atoms in total. The van der Waals surface area contributed by atoms with Crippen LogP contribution in [-0.4, -0.2) is 9.36 Å². The molecule has 0 fully saturated rings. The van der Waals surface area contributed by atoms with E-state index in [2.05, 4.69) is 15.9 Å².